The summed E-state index contributed by atoms with van der Waals surface area (Å²) < 4.78 is 27.9. The zero-order chi connectivity index (χ0) is 14.0. The van der Waals surface area contributed by atoms with Crippen molar-refractivity contribution in [2.24, 2.45) is 5.92 Å². The summed E-state index contributed by atoms with van der Waals surface area (Å²) in [5.41, 5.74) is 0.211. The van der Waals surface area contributed by atoms with E-state index in [9.17, 15) is 13.6 Å². The van der Waals surface area contributed by atoms with Crippen molar-refractivity contribution in [3.05, 3.63) is 16.4 Å². The van der Waals surface area contributed by atoms with Crippen LogP contribution in [0.4, 0.5) is 8.78 Å². The maximum atomic E-state index is 13.0. The van der Waals surface area contributed by atoms with Crippen molar-refractivity contribution in [1.82, 2.24) is 9.78 Å². The van der Waals surface area contributed by atoms with Crippen molar-refractivity contribution < 1.29 is 13.6 Å². The minimum Gasteiger partial charge on any atom is -0.297 e. The van der Waals surface area contributed by atoms with Gasteiger partial charge < -0.3 is 0 Å². The number of nitrogens with zero attached hydrogens (tertiary/aromatic N) is 3. The molecule has 1 heterocycles. The molecule has 4 nitrogen and oxygen atoms in total. The lowest BCUT2D eigenvalue weighted by molar-refractivity contribution is -0.127. The first kappa shape index (κ1) is 14.1. The van der Waals surface area contributed by atoms with Crippen LogP contribution in [-0.4, -0.2) is 21.5 Å². The van der Waals surface area contributed by atoms with Crippen molar-refractivity contribution >= 4 is 21.7 Å². The average Bonchev–Trinajstić information content (AvgIpc) is 2.69. The molecule has 19 heavy (non-hydrogen) atoms. The number of halogens is 3. The third-order valence-electron chi connectivity index (χ3n) is 3.31. The Balaban J connectivity index is 1.96. The van der Waals surface area contributed by atoms with E-state index < -0.39 is 5.92 Å². The molecule has 0 amide bonds. The monoisotopic (exact) mass is 331 g/mol. The number of hydrogen-bond acceptors (Lipinski definition) is 3. The molecule has 0 atom stereocenters. The van der Waals surface area contributed by atoms with Crippen LogP contribution in [0.1, 0.15) is 31.4 Å². The highest BCUT2D eigenvalue weighted by Gasteiger charge is 2.37. The van der Waals surface area contributed by atoms with E-state index in [0.717, 1.165) is 0 Å². The Morgan fingerprint density at radius 2 is 2.21 bits per heavy atom. The van der Waals surface area contributed by atoms with Gasteiger partial charge >= 0.3 is 0 Å². The van der Waals surface area contributed by atoms with Gasteiger partial charge in [-0.15, -0.1) is 0 Å². The highest BCUT2D eigenvalue weighted by atomic mass is 79.9. The predicted octanol–water partition coefficient (Wildman–Crippen LogP) is 2.91. The first-order chi connectivity index (χ1) is 8.91. The van der Waals surface area contributed by atoms with E-state index in [0.29, 0.717) is 4.47 Å². The first-order valence-corrected chi connectivity index (χ1v) is 6.74. The third kappa shape index (κ3) is 3.38. The quantitative estimate of drug-likeness (QED) is 0.855. The number of ketones is 1. The second-order valence-electron chi connectivity index (χ2n) is 4.73. The fraction of sp³-hybridized carbons (Fsp3) is 0.583. The van der Waals surface area contributed by atoms with E-state index in [-0.39, 0.29) is 49.6 Å². The van der Waals surface area contributed by atoms with Crippen LogP contribution in [0.2, 0.25) is 0 Å². The SMILES string of the molecule is N#Cc1nn(CC(=O)C2CCC(F)(F)CC2)cc1Br. The molecule has 1 aliphatic carbocycles. The Bertz CT molecular complexity index is 526. The van der Waals surface area contributed by atoms with Crippen molar-refractivity contribution in [1.29, 1.82) is 5.26 Å². The van der Waals surface area contributed by atoms with Gasteiger partial charge in [0.25, 0.3) is 0 Å². The number of rotatable bonds is 3. The summed E-state index contributed by atoms with van der Waals surface area (Å²) >= 11 is 3.16. The second kappa shape index (κ2) is 5.37. The molecule has 0 N–H and O–H groups in total. The van der Waals surface area contributed by atoms with Gasteiger partial charge in [0.2, 0.25) is 5.92 Å². The normalized spacial score (nSPS) is 19.1. The highest BCUT2D eigenvalue weighted by molar-refractivity contribution is 9.10. The van der Waals surface area contributed by atoms with Gasteiger partial charge in [-0.2, -0.15) is 10.4 Å². The molecule has 0 aromatic carbocycles. The molecule has 102 valence electrons. The number of carbonyl (C=O) groups excluding carboxylic acids is 1. The van der Waals surface area contributed by atoms with Crippen molar-refractivity contribution in [3.8, 4) is 6.07 Å². The van der Waals surface area contributed by atoms with Crippen LogP contribution in [0.5, 0.6) is 0 Å². The van der Waals surface area contributed by atoms with Gasteiger partial charge in [-0.3, -0.25) is 9.48 Å². The zero-order valence-electron chi connectivity index (χ0n) is 10.1. The largest absolute Gasteiger partial charge is 0.297 e. The number of Topliss-reactive ketones (excluding diaryl/α,β-unsaturated/α-hetero) is 1. The average molecular weight is 332 g/mol. The maximum absolute atomic E-state index is 13.0. The highest BCUT2D eigenvalue weighted by Crippen LogP contribution is 2.36. The molecule has 0 aliphatic heterocycles. The van der Waals surface area contributed by atoms with Gasteiger partial charge in [0.15, 0.2) is 11.5 Å². The Labute approximate surface area is 117 Å². The molecule has 0 radical (unpaired) electrons. The van der Waals surface area contributed by atoms with Crippen LogP contribution in [0, 0.1) is 17.2 Å². The molecule has 0 spiro atoms. The number of carbonyl (C=O) groups is 1. The maximum Gasteiger partial charge on any atom is 0.248 e. The van der Waals surface area contributed by atoms with Gasteiger partial charge in [-0.25, -0.2) is 8.78 Å². The van der Waals surface area contributed by atoms with Crippen LogP contribution >= 0.6 is 15.9 Å². The van der Waals surface area contributed by atoms with E-state index in [1.165, 1.54) is 4.68 Å². The third-order valence-corrected chi connectivity index (χ3v) is 3.89. The topological polar surface area (TPSA) is 58.7 Å². The zero-order valence-corrected chi connectivity index (χ0v) is 11.7. The first-order valence-electron chi connectivity index (χ1n) is 5.95. The molecule has 1 fully saturated rings. The van der Waals surface area contributed by atoms with E-state index in [1.54, 1.807) is 6.20 Å². The lowest BCUT2D eigenvalue weighted by Gasteiger charge is -2.27. The summed E-state index contributed by atoms with van der Waals surface area (Å²) in [5.74, 6) is -3.05. The van der Waals surface area contributed by atoms with Crippen molar-refractivity contribution in [3.63, 3.8) is 0 Å². The molecule has 0 bridgehead atoms. The molecule has 7 heteroatoms. The smallest absolute Gasteiger partial charge is 0.248 e. The van der Waals surface area contributed by atoms with Gasteiger partial charge in [0, 0.05) is 25.0 Å². The Kier molecular flexibility index (Phi) is 3.99. The molecular weight excluding hydrogens is 320 g/mol. The number of hydrogen-bond donors (Lipinski definition) is 0. The summed E-state index contributed by atoms with van der Waals surface area (Å²) in [4.78, 5) is 12.0. The fourth-order valence-corrected chi connectivity index (χ4v) is 2.61. The molecule has 0 saturated heterocycles. The van der Waals surface area contributed by atoms with Gasteiger partial charge in [-0.1, -0.05) is 0 Å². The Morgan fingerprint density at radius 1 is 1.58 bits per heavy atom. The lowest BCUT2D eigenvalue weighted by atomic mass is 9.84. The molecule has 0 unspecified atom stereocenters. The standard InChI is InChI=1S/C12H12BrF2N3O/c13-9-6-18(17-10(9)5-16)7-11(19)8-1-3-12(14,15)4-2-8/h6,8H,1-4,7H2. The van der Waals surface area contributed by atoms with Crippen molar-refractivity contribution in [2.45, 2.75) is 38.2 Å². The molecule has 1 aliphatic rings. The predicted molar refractivity (Wildman–Crippen MR) is 66.6 cm³/mol. The van der Waals surface area contributed by atoms with Crippen LogP contribution in [0.15, 0.2) is 10.7 Å². The second-order valence-corrected chi connectivity index (χ2v) is 5.59. The van der Waals surface area contributed by atoms with Crippen LogP contribution in [0.3, 0.4) is 0 Å². The van der Waals surface area contributed by atoms with Gasteiger partial charge in [0.1, 0.15) is 6.07 Å². The minimum atomic E-state index is -2.63. The molecule has 1 aromatic heterocycles. The number of alkyl halides is 2. The van der Waals surface area contributed by atoms with Crippen LogP contribution in [0.25, 0.3) is 0 Å². The van der Waals surface area contributed by atoms with Crippen LogP contribution in [-0.2, 0) is 11.3 Å². The summed E-state index contributed by atoms with van der Waals surface area (Å²) in [7, 11) is 0. The van der Waals surface area contributed by atoms with E-state index in [4.69, 9.17) is 5.26 Å². The number of aromatic nitrogens is 2. The molecule has 1 saturated carbocycles. The van der Waals surface area contributed by atoms with E-state index >= 15 is 0 Å². The van der Waals surface area contributed by atoms with E-state index in [2.05, 4.69) is 21.0 Å². The van der Waals surface area contributed by atoms with Crippen molar-refractivity contribution in [2.75, 3.05) is 0 Å². The van der Waals surface area contributed by atoms with E-state index in [1.807, 2.05) is 6.07 Å². The minimum absolute atomic E-state index is 0.0243. The number of nitriles is 1. The Hall–Kier alpha value is -1.29. The summed E-state index contributed by atoms with van der Waals surface area (Å²) in [6, 6.07) is 1.89. The van der Waals surface area contributed by atoms with Crippen LogP contribution < -0.4 is 0 Å². The summed E-state index contributed by atoms with van der Waals surface area (Å²) in [6.45, 7) is 0.0243. The summed E-state index contributed by atoms with van der Waals surface area (Å²) in [6.07, 6.45) is 1.54. The van der Waals surface area contributed by atoms with Gasteiger partial charge in [-0.05, 0) is 28.8 Å². The lowest BCUT2D eigenvalue weighted by Crippen LogP contribution is -2.30. The molecule has 2 rings (SSSR count). The van der Waals surface area contributed by atoms with Gasteiger partial charge in [0.05, 0.1) is 11.0 Å². The molecular formula is C12H12BrF2N3O. The molecule has 1 aromatic rings. The fourth-order valence-electron chi connectivity index (χ4n) is 2.20. The summed E-state index contributed by atoms with van der Waals surface area (Å²) in [5, 5.41) is 12.7. The Morgan fingerprint density at radius 3 is 2.74 bits per heavy atom.